The maximum atomic E-state index is 11.3. The molecule has 1 saturated heterocycles. The van der Waals surface area contributed by atoms with Crippen LogP contribution in [0.25, 0.3) is 0 Å². The fourth-order valence-corrected chi connectivity index (χ4v) is 3.84. The fraction of sp³-hybridized carbons (Fsp3) is 0.714. The summed E-state index contributed by atoms with van der Waals surface area (Å²) in [5, 5.41) is 10.2. The Morgan fingerprint density at radius 2 is 2.26 bits per heavy atom. The minimum absolute atomic E-state index is 0.405. The second-order valence-electron chi connectivity index (χ2n) is 5.65. The van der Waals surface area contributed by atoms with Gasteiger partial charge in [0.15, 0.2) is 5.13 Å². The second kappa shape index (κ2) is 5.12. The average molecular weight is 280 g/mol. The van der Waals surface area contributed by atoms with Gasteiger partial charge in [-0.2, -0.15) is 0 Å². The number of aromatic carboxylic acids is 1. The SMILES string of the molecule is CCC1CCCN(c2nc(C3CC3)c(C(=O)O)s2)C1. The number of hydrogen-bond donors (Lipinski definition) is 1. The number of piperidine rings is 1. The van der Waals surface area contributed by atoms with Gasteiger partial charge in [0.1, 0.15) is 4.88 Å². The highest BCUT2D eigenvalue weighted by molar-refractivity contribution is 7.17. The van der Waals surface area contributed by atoms with Gasteiger partial charge in [-0.25, -0.2) is 9.78 Å². The van der Waals surface area contributed by atoms with Gasteiger partial charge in [-0.15, -0.1) is 0 Å². The minimum atomic E-state index is -0.810. The van der Waals surface area contributed by atoms with Gasteiger partial charge >= 0.3 is 5.97 Å². The van der Waals surface area contributed by atoms with Crippen molar-refractivity contribution in [3.05, 3.63) is 10.6 Å². The van der Waals surface area contributed by atoms with Gasteiger partial charge in [0, 0.05) is 19.0 Å². The molecule has 0 radical (unpaired) electrons. The summed E-state index contributed by atoms with van der Waals surface area (Å²) >= 11 is 1.37. The lowest BCUT2D eigenvalue weighted by atomic mass is 9.96. The molecule has 1 atom stereocenters. The maximum Gasteiger partial charge on any atom is 0.347 e. The van der Waals surface area contributed by atoms with Gasteiger partial charge in [-0.1, -0.05) is 24.7 Å². The van der Waals surface area contributed by atoms with Gasteiger partial charge in [0.25, 0.3) is 0 Å². The highest BCUT2D eigenvalue weighted by atomic mass is 32.1. The Kier molecular flexibility index (Phi) is 3.48. The molecule has 5 heteroatoms. The number of carbonyl (C=O) groups is 1. The molecule has 104 valence electrons. The van der Waals surface area contributed by atoms with Crippen molar-refractivity contribution in [3.63, 3.8) is 0 Å². The number of anilines is 1. The number of nitrogens with zero attached hydrogens (tertiary/aromatic N) is 2. The third-order valence-electron chi connectivity index (χ3n) is 4.17. The molecule has 0 bridgehead atoms. The van der Waals surface area contributed by atoms with Crippen molar-refractivity contribution < 1.29 is 9.90 Å². The Balaban J connectivity index is 1.84. The lowest BCUT2D eigenvalue weighted by Gasteiger charge is -2.31. The summed E-state index contributed by atoms with van der Waals surface area (Å²) < 4.78 is 0. The summed E-state index contributed by atoms with van der Waals surface area (Å²) in [5.74, 6) is 0.327. The standard InChI is InChI=1S/C14H20N2O2S/c1-2-9-4-3-7-16(8-9)14-15-11(10-5-6-10)12(19-14)13(17)18/h9-10H,2-8H2,1H3,(H,17,18). The fourth-order valence-electron chi connectivity index (χ4n) is 2.81. The summed E-state index contributed by atoms with van der Waals surface area (Å²) in [6, 6.07) is 0. The first-order chi connectivity index (χ1) is 9.19. The number of carboxylic acid groups (broad SMARTS) is 1. The molecule has 1 aliphatic heterocycles. The molecule has 2 aliphatic rings. The van der Waals surface area contributed by atoms with Crippen LogP contribution in [0.3, 0.4) is 0 Å². The highest BCUT2D eigenvalue weighted by Gasteiger charge is 2.33. The van der Waals surface area contributed by atoms with Gasteiger partial charge in [0.2, 0.25) is 0 Å². The van der Waals surface area contributed by atoms with E-state index in [1.54, 1.807) is 0 Å². The molecule has 0 aromatic carbocycles. The maximum absolute atomic E-state index is 11.3. The molecular weight excluding hydrogens is 260 g/mol. The Bertz CT molecular complexity index is 482. The van der Waals surface area contributed by atoms with E-state index >= 15 is 0 Å². The number of carboxylic acids is 1. The van der Waals surface area contributed by atoms with E-state index in [1.165, 1.54) is 30.6 Å². The van der Waals surface area contributed by atoms with Crippen LogP contribution in [0.5, 0.6) is 0 Å². The first-order valence-corrected chi connectivity index (χ1v) is 7.99. The van der Waals surface area contributed by atoms with E-state index in [-0.39, 0.29) is 0 Å². The van der Waals surface area contributed by atoms with Gasteiger partial charge < -0.3 is 10.0 Å². The van der Waals surface area contributed by atoms with Crippen molar-refractivity contribution >= 4 is 22.4 Å². The Labute approximate surface area is 117 Å². The molecule has 0 spiro atoms. The molecule has 1 aliphatic carbocycles. The second-order valence-corrected chi connectivity index (χ2v) is 6.63. The van der Waals surface area contributed by atoms with Crippen molar-refractivity contribution in [2.24, 2.45) is 5.92 Å². The molecule has 1 N–H and O–H groups in total. The van der Waals surface area contributed by atoms with Crippen LogP contribution in [-0.4, -0.2) is 29.1 Å². The van der Waals surface area contributed by atoms with Gasteiger partial charge in [-0.05, 0) is 31.6 Å². The molecule has 2 heterocycles. The van der Waals surface area contributed by atoms with Crippen molar-refractivity contribution in [2.75, 3.05) is 18.0 Å². The van der Waals surface area contributed by atoms with Crippen LogP contribution < -0.4 is 4.90 Å². The van der Waals surface area contributed by atoms with Crippen LogP contribution in [0.1, 0.15) is 60.3 Å². The van der Waals surface area contributed by atoms with Crippen molar-refractivity contribution in [3.8, 4) is 0 Å². The number of rotatable bonds is 4. The summed E-state index contributed by atoms with van der Waals surface area (Å²) in [5.41, 5.74) is 0.839. The molecule has 1 unspecified atom stereocenters. The van der Waals surface area contributed by atoms with E-state index in [4.69, 9.17) is 0 Å². The van der Waals surface area contributed by atoms with Crippen LogP contribution in [-0.2, 0) is 0 Å². The lowest BCUT2D eigenvalue weighted by Crippen LogP contribution is -2.35. The van der Waals surface area contributed by atoms with Crippen LogP contribution in [0.15, 0.2) is 0 Å². The van der Waals surface area contributed by atoms with Gasteiger partial charge in [-0.3, -0.25) is 0 Å². The molecule has 2 fully saturated rings. The van der Waals surface area contributed by atoms with E-state index in [0.717, 1.165) is 42.7 Å². The van der Waals surface area contributed by atoms with E-state index in [1.807, 2.05) is 0 Å². The van der Waals surface area contributed by atoms with Crippen molar-refractivity contribution in [1.82, 2.24) is 4.98 Å². The summed E-state index contributed by atoms with van der Waals surface area (Å²) in [4.78, 5) is 18.7. The molecule has 1 aromatic rings. The number of hydrogen-bond acceptors (Lipinski definition) is 4. The van der Waals surface area contributed by atoms with E-state index in [9.17, 15) is 9.90 Å². The molecular formula is C14H20N2O2S. The Morgan fingerprint density at radius 3 is 2.89 bits per heavy atom. The topological polar surface area (TPSA) is 53.4 Å². The largest absolute Gasteiger partial charge is 0.477 e. The molecule has 3 rings (SSSR count). The van der Waals surface area contributed by atoms with Crippen LogP contribution >= 0.6 is 11.3 Å². The predicted octanol–water partition coefficient (Wildman–Crippen LogP) is 3.35. The summed E-state index contributed by atoms with van der Waals surface area (Å²) in [6.45, 7) is 4.29. The van der Waals surface area contributed by atoms with E-state index in [2.05, 4.69) is 16.8 Å². The van der Waals surface area contributed by atoms with Gasteiger partial charge in [0.05, 0.1) is 5.69 Å². The van der Waals surface area contributed by atoms with Crippen molar-refractivity contribution in [2.45, 2.75) is 44.9 Å². The molecule has 1 aromatic heterocycles. The zero-order valence-corrected chi connectivity index (χ0v) is 12.1. The molecule has 0 amide bonds. The third kappa shape index (κ3) is 2.61. The monoisotopic (exact) mass is 280 g/mol. The zero-order chi connectivity index (χ0) is 13.4. The quantitative estimate of drug-likeness (QED) is 0.919. The Morgan fingerprint density at radius 1 is 1.47 bits per heavy atom. The van der Waals surface area contributed by atoms with E-state index in [0.29, 0.717) is 10.8 Å². The summed E-state index contributed by atoms with van der Waals surface area (Å²) in [7, 11) is 0. The normalized spacial score (nSPS) is 23.6. The Hall–Kier alpha value is -1.10. The third-order valence-corrected chi connectivity index (χ3v) is 5.29. The molecule has 4 nitrogen and oxygen atoms in total. The summed E-state index contributed by atoms with van der Waals surface area (Å²) in [6.07, 6.45) is 5.88. The lowest BCUT2D eigenvalue weighted by molar-refractivity contribution is 0.0700. The first-order valence-electron chi connectivity index (χ1n) is 7.18. The average Bonchev–Trinajstić information content (AvgIpc) is 3.17. The first kappa shape index (κ1) is 12.9. The smallest absolute Gasteiger partial charge is 0.347 e. The van der Waals surface area contributed by atoms with Crippen LogP contribution in [0.2, 0.25) is 0 Å². The molecule has 1 saturated carbocycles. The van der Waals surface area contributed by atoms with Crippen molar-refractivity contribution in [1.29, 1.82) is 0 Å². The van der Waals surface area contributed by atoms with Crippen LogP contribution in [0.4, 0.5) is 5.13 Å². The molecule has 19 heavy (non-hydrogen) atoms. The van der Waals surface area contributed by atoms with Crippen LogP contribution in [0, 0.1) is 5.92 Å². The minimum Gasteiger partial charge on any atom is -0.477 e. The number of thiazole rings is 1. The zero-order valence-electron chi connectivity index (χ0n) is 11.3. The number of aromatic nitrogens is 1. The highest BCUT2D eigenvalue weighted by Crippen LogP contribution is 2.44. The predicted molar refractivity (Wildman–Crippen MR) is 76.3 cm³/mol. The van der Waals surface area contributed by atoms with E-state index < -0.39 is 5.97 Å².